The van der Waals surface area contributed by atoms with Gasteiger partial charge >= 0.3 is 0 Å². The van der Waals surface area contributed by atoms with Gasteiger partial charge in [0.1, 0.15) is 11.6 Å². The highest BCUT2D eigenvalue weighted by atomic mass is 19.1. The lowest BCUT2D eigenvalue weighted by atomic mass is 10.0. The first-order valence-corrected chi connectivity index (χ1v) is 7.07. The van der Waals surface area contributed by atoms with Crippen LogP contribution in [-0.2, 0) is 11.2 Å². The Balaban J connectivity index is 1.79. The van der Waals surface area contributed by atoms with Gasteiger partial charge in [-0.25, -0.2) is 4.39 Å². The molecule has 1 aromatic rings. The van der Waals surface area contributed by atoms with Crippen molar-refractivity contribution in [2.75, 3.05) is 7.11 Å². The predicted molar refractivity (Wildman–Crippen MR) is 74.0 cm³/mol. The van der Waals surface area contributed by atoms with Crippen LogP contribution in [0.5, 0.6) is 5.75 Å². The fourth-order valence-electron chi connectivity index (χ4n) is 2.71. The van der Waals surface area contributed by atoms with E-state index in [-0.39, 0.29) is 18.0 Å². The van der Waals surface area contributed by atoms with Gasteiger partial charge < -0.3 is 9.47 Å². The monoisotopic (exact) mass is 277 g/mol. The second kappa shape index (κ2) is 7.25. The summed E-state index contributed by atoms with van der Waals surface area (Å²) in [6.07, 6.45) is 5.49. The molecule has 0 N–H and O–H groups in total. The number of nitrogens with zero attached hydrogens (tertiary/aromatic N) is 1. The van der Waals surface area contributed by atoms with Crippen LogP contribution < -0.4 is 4.74 Å². The standard InChI is InChI=1S/C16H20FNO2/c1-19-16-8-5-13(17)11-12(16)3-2-4-14-6-7-15(20-14)9-10-18/h5,8,11,14-15H,2-4,6-7,9H2,1H3/t14-,15+/m1/s1. The molecule has 108 valence electrons. The van der Waals surface area contributed by atoms with Gasteiger partial charge in [-0.05, 0) is 55.9 Å². The summed E-state index contributed by atoms with van der Waals surface area (Å²) in [5, 5.41) is 8.64. The molecule has 0 bridgehead atoms. The summed E-state index contributed by atoms with van der Waals surface area (Å²) in [4.78, 5) is 0. The lowest BCUT2D eigenvalue weighted by molar-refractivity contribution is 0.0423. The third-order valence-corrected chi connectivity index (χ3v) is 3.73. The summed E-state index contributed by atoms with van der Waals surface area (Å²) in [6, 6.07) is 6.76. The van der Waals surface area contributed by atoms with E-state index in [0.717, 1.165) is 43.4 Å². The number of hydrogen-bond donors (Lipinski definition) is 0. The highest BCUT2D eigenvalue weighted by Gasteiger charge is 2.24. The van der Waals surface area contributed by atoms with Gasteiger partial charge in [0.05, 0.1) is 31.8 Å². The third-order valence-electron chi connectivity index (χ3n) is 3.73. The van der Waals surface area contributed by atoms with Crippen LogP contribution in [0.1, 0.15) is 37.7 Å². The molecule has 0 saturated carbocycles. The third kappa shape index (κ3) is 3.94. The van der Waals surface area contributed by atoms with Gasteiger partial charge in [-0.1, -0.05) is 0 Å². The summed E-state index contributed by atoms with van der Waals surface area (Å²) in [5.74, 6) is 0.507. The Kier molecular flexibility index (Phi) is 5.37. The molecule has 1 fully saturated rings. The SMILES string of the molecule is COc1ccc(F)cc1CCC[C@@H]1CC[C@@H](CC#N)O1. The predicted octanol–water partition coefficient (Wildman–Crippen LogP) is 3.62. The molecule has 3 nitrogen and oxygen atoms in total. The number of nitriles is 1. The van der Waals surface area contributed by atoms with Gasteiger partial charge in [0.25, 0.3) is 0 Å². The van der Waals surface area contributed by atoms with Crippen molar-refractivity contribution >= 4 is 0 Å². The maximum Gasteiger partial charge on any atom is 0.123 e. The first kappa shape index (κ1) is 14.8. The highest BCUT2D eigenvalue weighted by Crippen LogP contribution is 2.27. The zero-order valence-electron chi connectivity index (χ0n) is 11.8. The van der Waals surface area contributed by atoms with Crippen molar-refractivity contribution in [3.8, 4) is 11.8 Å². The summed E-state index contributed by atoms with van der Waals surface area (Å²) in [6.45, 7) is 0. The van der Waals surface area contributed by atoms with E-state index in [1.54, 1.807) is 13.2 Å². The van der Waals surface area contributed by atoms with Gasteiger partial charge in [0, 0.05) is 0 Å². The first-order valence-electron chi connectivity index (χ1n) is 7.07. The molecular weight excluding hydrogens is 257 g/mol. The minimum atomic E-state index is -0.230. The average Bonchev–Trinajstić information content (AvgIpc) is 2.87. The van der Waals surface area contributed by atoms with E-state index in [4.69, 9.17) is 14.7 Å². The van der Waals surface area contributed by atoms with E-state index in [0.29, 0.717) is 6.42 Å². The van der Waals surface area contributed by atoms with Crippen LogP contribution >= 0.6 is 0 Å². The van der Waals surface area contributed by atoms with E-state index in [1.807, 2.05) is 0 Å². The summed E-state index contributed by atoms with van der Waals surface area (Å²) in [5.41, 5.74) is 0.902. The molecule has 0 aromatic heterocycles. The lowest BCUT2D eigenvalue weighted by Crippen LogP contribution is -2.10. The molecule has 4 heteroatoms. The van der Waals surface area contributed by atoms with E-state index in [1.165, 1.54) is 12.1 Å². The Labute approximate surface area is 119 Å². The van der Waals surface area contributed by atoms with Crippen molar-refractivity contribution in [2.45, 2.75) is 50.7 Å². The smallest absolute Gasteiger partial charge is 0.123 e. The van der Waals surface area contributed by atoms with Gasteiger partial charge in [0.2, 0.25) is 0 Å². The van der Waals surface area contributed by atoms with E-state index in [9.17, 15) is 4.39 Å². The topological polar surface area (TPSA) is 42.2 Å². The molecule has 1 saturated heterocycles. The van der Waals surface area contributed by atoms with Crippen molar-refractivity contribution in [3.05, 3.63) is 29.6 Å². The zero-order chi connectivity index (χ0) is 14.4. The number of rotatable bonds is 6. The molecule has 1 aliphatic heterocycles. The molecule has 1 aliphatic rings. The van der Waals surface area contributed by atoms with Crippen LogP contribution in [0.25, 0.3) is 0 Å². The number of methoxy groups -OCH3 is 1. The van der Waals surface area contributed by atoms with Gasteiger partial charge in [-0.15, -0.1) is 0 Å². The lowest BCUT2D eigenvalue weighted by Gasteiger charge is -2.12. The van der Waals surface area contributed by atoms with Crippen LogP contribution in [0.2, 0.25) is 0 Å². The number of ether oxygens (including phenoxy) is 2. The maximum absolute atomic E-state index is 13.2. The van der Waals surface area contributed by atoms with E-state index >= 15 is 0 Å². The minimum Gasteiger partial charge on any atom is -0.496 e. The van der Waals surface area contributed by atoms with Crippen LogP contribution in [-0.4, -0.2) is 19.3 Å². The Hall–Kier alpha value is -1.60. The fourth-order valence-corrected chi connectivity index (χ4v) is 2.71. The second-order valence-corrected chi connectivity index (χ2v) is 5.17. The van der Waals surface area contributed by atoms with Crippen LogP contribution in [0, 0.1) is 17.1 Å². The molecular formula is C16H20FNO2. The van der Waals surface area contributed by atoms with Crippen molar-refractivity contribution in [1.29, 1.82) is 5.26 Å². The number of aryl methyl sites for hydroxylation is 1. The van der Waals surface area contributed by atoms with Crippen LogP contribution in [0.4, 0.5) is 4.39 Å². The van der Waals surface area contributed by atoms with E-state index in [2.05, 4.69) is 6.07 Å². The molecule has 2 rings (SSSR count). The Morgan fingerprint density at radius 1 is 1.40 bits per heavy atom. The zero-order valence-corrected chi connectivity index (χ0v) is 11.8. The van der Waals surface area contributed by atoms with Crippen molar-refractivity contribution in [1.82, 2.24) is 0 Å². The molecule has 0 aliphatic carbocycles. The van der Waals surface area contributed by atoms with Crippen molar-refractivity contribution in [3.63, 3.8) is 0 Å². The van der Waals surface area contributed by atoms with Gasteiger partial charge in [-0.3, -0.25) is 0 Å². The Morgan fingerprint density at radius 3 is 2.95 bits per heavy atom. The van der Waals surface area contributed by atoms with Crippen LogP contribution in [0.3, 0.4) is 0 Å². The molecule has 20 heavy (non-hydrogen) atoms. The fraction of sp³-hybridized carbons (Fsp3) is 0.562. The molecule has 0 amide bonds. The van der Waals surface area contributed by atoms with Gasteiger partial charge in [-0.2, -0.15) is 5.26 Å². The quantitative estimate of drug-likeness (QED) is 0.797. The second-order valence-electron chi connectivity index (χ2n) is 5.17. The normalized spacial score (nSPS) is 21.6. The number of benzene rings is 1. The minimum absolute atomic E-state index is 0.105. The Bertz CT molecular complexity index is 484. The molecule has 2 atom stereocenters. The van der Waals surface area contributed by atoms with E-state index < -0.39 is 0 Å². The van der Waals surface area contributed by atoms with Gasteiger partial charge in [0.15, 0.2) is 0 Å². The number of halogens is 1. The van der Waals surface area contributed by atoms with Crippen molar-refractivity contribution < 1.29 is 13.9 Å². The largest absolute Gasteiger partial charge is 0.496 e. The maximum atomic E-state index is 13.2. The molecule has 1 heterocycles. The number of hydrogen-bond acceptors (Lipinski definition) is 3. The van der Waals surface area contributed by atoms with Crippen molar-refractivity contribution in [2.24, 2.45) is 0 Å². The molecule has 1 aromatic carbocycles. The summed E-state index contributed by atoms with van der Waals surface area (Å²) >= 11 is 0. The molecule has 0 spiro atoms. The Morgan fingerprint density at radius 2 is 2.20 bits per heavy atom. The highest BCUT2D eigenvalue weighted by molar-refractivity contribution is 5.33. The summed E-state index contributed by atoms with van der Waals surface area (Å²) in [7, 11) is 1.60. The molecule has 0 unspecified atom stereocenters. The molecule has 0 radical (unpaired) electrons. The first-order chi connectivity index (χ1) is 9.72. The van der Waals surface area contributed by atoms with Crippen LogP contribution in [0.15, 0.2) is 18.2 Å². The average molecular weight is 277 g/mol. The summed E-state index contributed by atoms with van der Waals surface area (Å²) < 4.78 is 24.3.